The van der Waals surface area contributed by atoms with E-state index in [4.69, 9.17) is 4.74 Å². The van der Waals surface area contributed by atoms with Gasteiger partial charge in [-0.3, -0.25) is 4.79 Å². The molecule has 1 aromatic heterocycles. The Morgan fingerprint density at radius 3 is 3.05 bits per heavy atom. The second-order valence-corrected chi connectivity index (χ2v) is 4.67. The summed E-state index contributed by atoms with van der Waals surface area (Å²) in [5.41, 5.74) is 2.18. The predicted octanol–water partition coefficient (Wildman–Crippen LogP) is 2.17. The Bertz CT molecular complexity index is 663. The van der Waals surface area contributed by atoms with E-state index in [1.165, 1.54) is 28.5 Å². The number of hydrogen-bond donors (Lipinski definition) is 0. The zero-order valence-corrected chi connectivity index (χ0v) is 10.4. The van der Waals surface area contributed by atoms with E-state index in [-0.39, 0.29) is 11.4 Å². The van der Waals surface area contributed by atoms with E-state index >= 15 is 0 Å². The Labute approximate surface area is 110 Å². The van der Waals surface area contributed by atoms with Crippen molar-refractivity contribution in [3.8, 4) is 5.75 Å². The Balaban J connectivity index is 1.76. The minimum Gasteiger partial charge on any atom is -0.493 e. The first-order valence-electron chi connectivity index (χ1n) is 6.33. The van der Waals surface area contributed by atoms with Gasteiger partial charge in [-0.25, -0.2) is 4.39 Å². The molecule has 0 spiro atoms. The molecule has 0 radical (unpaired) electrons. The van der Waals surface area contributed by atoms with E-state index in [9.17, 15) is 9.18 Å². The quantitative estimate of drug-likeness (QED) is 0.846. The van der Waals surface area contributed by atoms with Gasteiger partial charge < -0.3 is 9.30 Å². The monoisotopic (exact) mass is 259 g/mol. The van der Waals surface area contributed by atoms with Gasteiger partial charge >= 0.3 is 0 Å². The molecule has 3 rings (SSSR count). The van der Waals surface area contributed by atoms with Gasteiger partial charge in [-0.1, -0.05) is 12.1 Å². The van der Waals surface area contributed by atoms with Crippen molar-refractivity contribution in [1.82, 2.24) is 4.57 Å². The van der Waals surface area contributed by atoms with Crippen LogP contribution in [-0.4, -0.2) is 11.2 Å². The zero-order chi connectivity index (χ0) is 13.2. The highest BCUT2D eigenvalue weighted by atomic mass is 19.1. The SMILES string of the molecule is O=c1ccc(F)cn1CCc1ccc2c(c1)CCO2. The van der Waals surface area contributed by atoms with E-state index in [1.54, 1.807) is 0 Å². The first-order chi connectivity index (χ1) is 9.22. The van der Waals surface area contributed by atoms with E-state index in [0.717, 1.165) is 24.3 Å². The van der Waals surface area contributed by atoms with Gasteiger partial charge in [-0.2, -0.15) is 0 Å². The van der Waals surface area contributed by atoms with Gasteiger partial charge in [-0.15, -0.1) is 0 Å². The highest BCUT2D eigenvalue weighted by Crippen LogP contribution is 2.26. The molecule has 0 unspecified atom stereocenters. The van der Waals surface area contributed by atoms with Crippen LogP contribution in [0.25, 0.3) is 0 Å². The van der Waals surface area contributed by atoms with Crippen molar-refractivity contribution in [1.29, 1.82) is 0 Å². The first kappa shape index (κ1) is 12.0. The number of halogens is 1. The summed E-state index contributed by atoms with van der Waals surface area (Å²) in [6, 6.07) is 8.50. The molecule has 98 valence electrons. The van der Waals surface area contributed by atoms with Crippen LogP contribution < -0.4 is 10.3 Å². The van der Waals surface area contributed by atoms with Gasteiger partial charge in [0, 0.05) is 25.2 Å². The van der Waals surface area contributed by atoms with Crippen molar-refractivity contribution >= 4 is 0 Å². The lowest BCUT2D eigenvalue weighted by Gasteiger charge is -2.07. The molecule has 0 N–H and O–H groups in total. The van der Waals surface area contributed by atoms with Crippen LogP contribution in [0.1, 0.15) is 11.1 Å². The standard InChI is InChI=1S/C15H14FNO2/c16-13-2-4-15(18)17(10-13)7-5-11-1-3-14-12(9-11)6-8-19-14/h1-4,9-10H,5-8H2. The van der Waals surface area contributed by atoms with Gasteiger partial charge in [0.2, 0.25) is 0 Å². The van der Waals surface area contributed by atoms with Gasteiger partial charge in [0.1, 0.15) is 11.6 Å². The van der Waals surface area contributed by atoms with Crippen LogP contribution in [0.15, 0.2) is 41.3 Å². The minimum absolute atomic E-state index is 0.175. The molecule has 19 heavy (non-hydrogen) atoms. The van der Waals surface area contributed by atoms with Crippen LogP contribution in [-0.2, 0) is 19.4 Å². The Kier molecular flexibility index (Phi) is 3.07. The van der Waals surface area contributed by atoms with Crippen LogP contribution in [0.4, 0.5) is 4.39 Å². The molecule has 2 aromatic rings. The molecule has 0 amide bonds. The molecule has 0 saturated heterocycles. The molecular weight excluding hydrogens is 245 g/mol. The summed E-state index contributed by atoms with van der Waals surface area (Å²) in [5, 5.41) is 0. The maximum absolute atomic E-state index is 13.1. The molecule has 0 atom stereocenters. The van der Waals surface area contributed by atoms with Gasteiger partial charge in [0.25, 0.3) is 5.56 Å². The van der Waals surface area contributed by atoms with Crippen molar-refractivity contribution in [2.45, 2.75) is 19.4 Å². The molecule has 1 aliphatic rings. The van der Waals surface area contributed by atoms with Crippen LogP contribution in [0.2, 0.25) is 0 Å². The Morgan fingerprint density at radius 2 is 2.16 bits per heavy atom. The molecule has 1 aliphatic heterocycles. The van der Waals surface area contributed by atoms with Crippen LogP contribution in [0.3, 0.4) is 0 Å². The highest BCUT2D eigenvalue weighted by molar-refractivity contribution is 5.39. The predicted molar refractivity (Wildman–Crippen MR) is 70.0 cm³/mol. The lowest BCUT2D eigenvalue weighted by molar-refractivity contribution is 0.357. The second kappa shape index (κ2) is 4.88. The largest absolute Gasteiger partial charge is 0.493 e. The second-order valence-electron chi connectivity index (χ2n) is 4.67. The molecular formula is C15H14FNO2. The van der Waals surface area contributed by atoms with E-state index < -0.39 is 0 Å². The summed E-state index contributed by atoms with van der Waals surface area (Å²) in [5.74, 6) is 0.564. The number of aryl methyl sites for hydroxylation is 2. The van der Waals surface area contributed by atoms with Gasteiger partial charge in [-0.05, 0) is 29.7 Å². The number of rotatable bonds is 3. The van der Waals surface area contributed by atoms with Crippen LogP contribution >= 0.6 is 0 Å². The van der Waals surface area contributed by atoms with Crippen LogP contribution in [0.5, 0.6) is 5.75 Å². The minimum atomic E-state index is -0.387. The maximum atomic E-state index is 13.1. The fourth-order valence-corrected chi connectivity index (χ4v) is 2.32. The lowest BCUT2D eigenvalue weighted by atomic mass is 10.1. The van der Waals surface area contributed by atoms with E-state index in [1.807, 2.05) is 12.1 Å². The lowest BCUT2D eigenvalue weighted by Crippen LogP contribution is -2.19. The third kappa shape index (κ3) is 2.52. The zero-order valence-electron chi connectivity index (χ0n) is 10.4. The fraction of sp³-hybridized carbons (Fsp3) is 0.267. The third-order valence-corrected chi connectivity index (χ3v) is 3.34. The van der Waals surface area contributed by atoms with E-state index in [2.05, 4.69) is 6.07 Å². The van der Waals surface area contributed by atoms with Gasteiger partial charge in [0.05, 0.1) is 6.61 Å². The summed E-state index contributed by atoms with van der Waals surface area (Å²) in [7, 11) is 0. The van der Waals surface area contributed by atoms with Crippen molar-refractivity contribution in [3.63, 3.8) is 0 Å². The van der Waals surface area contributed by atoms with Gasteiger partial charge in [0.15, 0.2) is 0 Å². The molecule has 2 heterocycles. The average Bonchev–Trinajstić information content (AvgIpc) is 2.87. The number of hydrogen-bond acceptors (Lipinski definition) is 2. The number of benzene rings is 1. The van der Waals surface area contributed by atoms with Crippen molar-refractivity contribution < 1.29 is 9.13 Å². The molecule has 1 aromatic carbocycles. The normalized spacial score (nSPS) is 13.1. The third-order valence-electron chi connectivity index (χ3n) is 3.34. The first-order valence-corrected chi connectivity index (χ1v) is 6.33. The summed E-state index contributed by atoms with van der Waals surface area (Å²) < 4.78 is 19.9. The summed E-state index contributed by atoms with van der Waals surface area (Å²) in [6.07, 6.45) is 2.89. The number of aromatic nitrogens is 1. The molecule has 0 bridgehead atoms. The van der Waals surface area contributed by atoms with E-state index in [0.29, 0.717) is 13.0 Å². The molecule has 4 heteroatoms. The molecule has 3 nitrogen and oxygen atoms in total. The summed E-state index contributed by atoms with van der Waals surface area (Å²) >= 11 is 0. The number of ether oxygens (including phenoxy) is 1. The van der Waals surface area contributed by atoms with Crippen LogP contribution in [0, 0.1) is 5.82 Å². The number of nitrogens with zero attached hydrogens (tertiary/aromatic N) is 1. The maximum Gasteiger partial charge on any atom is 0.250 e. The highest BCUT2D eigenvalue weighted by Gasteiger charge is 2.11. The molecule has 0 fully saturated rings. The average molecular weight is 259 g/mol. The number of fused-ring (bicyclic) bond motifs is 1. The van der Waals surface area contributed by atoms with Crippen molar-refractivity contribution in [3.05, 3.63) is 63.8 Å². The molecule has 0 aliphatic carbocycles. The van der Waals surface area contributed by atoms with Crippen molar-refractivity contribution in [2.24, 2.45) is 0 Å². The fourth-order valence-electron chi connectivity index (χ4n) is 2.32. The summed E-state index contributed by atoms with van der Waals surface area (Å²) in [4.78, 5) is 11.6. The smallest absolute Gasteiger partial charge is 0.250 e. The molecule has 0 saturated carbocycles. The van der Waals surface area contributed by atoms with Crippen molar-refractivity contribution in [2.75, 3.05) is 6.61 Å². The summed E-state index contributed by atoms with van der Waals surface area (Å²) in [6.45, 7) is 1.22. The Morgan fingerprint density at radius 1 is 1.26 bits per heavy atom. The number of pyridine rings is 1. The Hall–Kier alpha value is -2.10. The topological polar surface area (TPSA) is 31.2 Å².